The van der Waals surface area contributed by atoms with Gasteiger partial charge in [-0.3, -0.25) is 0 Å². The van der Waals surface area contributed by atoms with Crippen LogP contribution < -0.4 is 9.47 Å². The lowest BCUT2D eigenvalue weighted by Crippen LogP contribution is -2.30. The molecule has 7 heteroatoms. The monoisotopic (exact) mass is 427 g/mol. The van der Waals surface area contributed by atoms with E-state index in [4.69, 9.17) is 14.2 Å². The van der Waals surface area contributed by atoms with E-state index in [-0.39, 0.29) is 18.5 Å². The Morgan fingerprint density at radius 2 is 2.03 bits per heavy atom. The second-order valence-corrected chi connectivity index (χ2v) is 7.64. The number of phenols is 1. The van der Waals surface area contributed by atoms with Crippen LogP contribution in [0.5, 0.6) is 17.2 Å². The number of fused-ring (bicyclic) bond motifs is 1. The lowest BCUT2D eigenvalue weighted by Gasteiger charge is -2.23. The number of aromatic hydroxyl groups is 1. The summed E-state index contributed by atoms with van der Waals surface area (Å²) >= 11 is 1.60. The molecule has 1 atom stereocenters. The lowest BCUT2D eigenvalue weighted by molar-refractivity contribution is 0.113. The highest BCUT2D eigenvalue weighted by atomic mass is 32.1. The zero-order valence-electron chi connectivity index (χ0n) is 17.0. The van der Waals surface area contributed by atoms with Gasteiger partial charge in [0.2, 0.25) is 0 Å². The molecule has 3 aromatic rings. The van der Waals surface area contributed by atoms with Gasteiger partial charge in [0.1, 0.15) is 18.5 Å². The number of amides is 1. The van der Waals surface area contributed by atoms with Gasteiger partial charge < -0.3 is 24.2 Å². The Morgan fingerprint density at radius 3 is 2.73 bits per heavy atom. The standard InChI is InChI=1S/C23H25NO5S/c1-4-14-28-23(26)24(2)13-12-19(21-9-6-15-30-21)29-18-8-5-7-17-16(18)10-11-20(27-3)22(17)25/h4-11,15,19,25H,1,12-14H2,2-3H3/t19-/m0/s1. The van der Waals surface area contributed by atoms with Crippen molar-refractivity contribution in [2.24, 2.45) is 0 Å². The van der Waals surface area contributed by atoms with Gasteiger partial charge in [-0.05, 0) is 29.6 Å². The van der Waals surface area contributed by atoms with Crippen LogP contribution in [-0.4, -0.2) is 43.4 Å². The van der Waals surface area contributed by atoms with Crippen molar-refractivity contribution in [2.45, 2.75) is 12.5 Å². The molecule has 0 fully saturated rings. The minimum Gasteiger partial charge on any atom is -0.504 e. The molecule has 1 aromatic heterocycles. The Labute approximate surface area is 179 Å². The van der Waals surface area contributed by atoms with E-state index in [1.165, 1.54) is 18.1 Å². The molecule has 0 saturated carbocycles. The third-order valence-corrected chi connectivity index (χ3v) is 5.63. The number of carbonyl (C=O) groups is 1. The largest absolute Gasteiger partial charge is 0.504 e. The number of nitrogens with zero attached hydrogens (tertiary/aromatic N) is 1. The SMILES string of the molecule is C=CCOC(=O)N(C)CC[C@H](Oc1cccc2c(O)c(OC)ccc12)c1cccs1. The maximum Gasteiger partial charge on any atom is 0.409 e. The van der Waals surface area contributed by atoms with Gasteiger partial charge in [-0.25, -0.2) is 4.79 Å². The van der Waals surface area contributed by atoms with Crippen LogP contribution in [0.25, 0.3) is 10.8 Å². The van der Waals surface area contributed by atoms with Gasteiger partial charge in [0.15, 0.2) is 11.5 Å². The van der Waals surface area contributed by atoms with E-state index >= 15 is 0 Å². The maximum atomic E-state index is 12.0. The number of hydrogen-bond donors (Lipinski definition) is 1. The van der Waals surface area contributed by atoms with Crippen molar-refractivity contribution in [2.75, 3.05) is 27.3 Å². The Hall–Kier alpha value is -3.19. The second kappa shape index (κ2) is 10.0. The van der Waals surface area contributed by atoms with Crippen LogP contribution in [-0.2, 0) is 4.74 Å². The highest BCUT2D eigenvalue weighted by molar-refractivity contribution is 7.10. The number of ether oxygens (including phenoxy) is 3. The van der Waals surface area contributed by atoms with Gasteiger partial charge in [-0.2, -0.15) is 0 Å². The number of carbonyl (C=O) groups excluding carboxylic acids is 1. The first-order chi connectivity index (χ1) is 14.5. The minimum absolute atomic E-state index is 0.0813. The van der Waals surface area contributed by atoms with Gasteiger partial charge in [0, 0.05) is 35.7 Å². The first kappa shape index (κ1) is 21.5. The third-order valence-electron chi connectivity index (χ3n) is 4.67. The van der Waals surface area contributed by atoms with Crippen LogP contribution in [0.3, 0.4) is 0 Å². The van der Waals surface area contributed by atoms with E-state index in [1.54, 1.807) is 24.5 Å². The zero-order chi connectivity index (χ0) is 21.5. The molecule has 30 heavy (non-hydrogen) atoms. The molecule has 1 amide bonds. The molecule has 158 valence electrons. The first-order valence-corrected chi connectivity index (χ1v) is 10.4. The van der Waals surface area contributed by atoms with Crippen molar-refractivity contribution in [3.63, 3.8) is 0 Å². The van der Waals surface area contributed by atoms with E-state index in [9.17, 15) is 9.90 Å². The second-order valence-electron chi connectivity index (χ2n) is 6.67. The summed E-state index contributed by atoms with van der Waals surface area (Å²) in [6, 6.07) is 13.1. The molecular weight excluding hydrogens is 402 g/mol. The average Bonchev–Trinajstić information content (AvgIpc) is 3.30. The molecule has 0 radical (unpaired) electrons. The fourth-order valence-corrected chi connectivity index (χ4v) is 3.88. The van der Waals surface area contributed by atoms with Crippen LogP contribution in [0.1, 0.15) is 17.4 Å². The van der Waals surface area contributed by atoms with Crippen molar-refractivity contribution >= 4 is 28.2 Å². The molecule has 0 bridgehead atoms. The van der Waals surface area contributed by atoms with Crippen LogP contribution >= 0.6 is 11.3 Å². The zero-order valence-corrected chi connectivity index (χ0v) is 17.9. The summed E-state index contributed by atoms with van der Waals surface area (Å²) in [6.45, 7) is 4.19. The van der Waals surface area contributed by atoms with Crippen LogP contribution in [0.2, 0.25) is 0 Å². The number of methoxy groups -OCH3 is 1. The molecule has 0 aliphatic rings. The highest BCUT2D eigenvalue weighted by Gasteiger charge is 2.20. The van der Waals surface area contributed by atoms with E-state index in [0.29, 0.717) is 29.9 Å². The summed E-state index contributed by atoms with van der Waals surface area (Å²) in [4.78, 5) is 14.6. The molecule has 0 spiro atoms. The summed E-state index contributed by atoms with van der Waals surface area (Å²) in [5, 5.41) is 13.9. The average molecular weight is 428 g/mol. The number of benzene rings is 2. The topological polar surface area (TPSA) is 68.2 Å². The molecular formula is C23H25NO5S. The van der Waals surface area contributed by atoms with E-state index in [0.717, 1.165) is 10.3 Å². The van der Waals surface area contributed by atoms with Gasteiger partial charge >= 0.3 is 6.09 Å². The van der Waals surface area contributed by atoms with Gasteiger partial charge in [0.05, 0.1) is 7.11 Å². The van der Waals surface area contributed by atoms with Crippen molar-refractivity contribution < 1.29 is 24.1 Å². The van der Waals surface area contributed by atoms with Gasteiger partial charge in [-0.1, -0.05) is 30.9 Å². The third kappa shape index (κ3) is 4.86. The quantitative estimate of drug-likeness (QED) is 0.464. The minimum atomic E-state index is -0.401. The Bertz CT molecular complexity index is 1000. The lowest BCUT2D eigenvalue weighted by atomic mass is 10.1. The predicted octanol–water partition coefficient (Wildman–Crippen LogP) is 5.38. The van der Waals surface area contributed by atoms with Crippen molar-refractivity contribution in [1.29, 1.82) is 0 Å². The molecule has 3 rings (SSSR count). The molecule has 0 unspecified atom stereocenters. The van der Waals surface area contributed by atoms with Gasteiger partial charge in [-0.15, -0.1) is 11.3 Å². The summed E-state index contributed by atoms with van der Waals surface area (Å²) in [5.41, 5.74) is 0. The van der Waals surface area contributed by atoms with E-state index in [1.807, 2.05) is 41.8 Å². The fraction of sp³-hybridized carbons (Fsp3) is 0.261. The summed E-state index contributed by atoms with van der Waals surface area (Å²) < 4.78 is 16.7. The Balaban J connectivity index is 1.82. The summed E-state index contributed by atoms with van der Waals surface area (Å²) in [6.07, 6.45) is 1.46. The summed E-state index contributed by atoms with van der Waals surface area (Å²) in [5.74, 6) is 1.15. The maximum absolute atomic E-state index is 12.0. The first-order valence-electron chi connectivity index (χ1n) is 9.52. The smallest absolute Gasteiger partial charge is 0.409 e. The normalized spacial score (nSPS) is 11.7. The highest BCUT2D eigenvalue weighted by Crippen LogP contribution is 2.40. The molecule has 0 saturated heterocycles. The number of rotatable bonds is 9. The van der Waals surface area contributed by atoms with E-state index < -0.39 is 6.09 Å². The summed E-state index contributed by atoms with van der Waals surface area (Å²) in [7, 11) is 3.21. The number of thiophene rings is 1. The van der Waals surface area contributed by atoms with Gasteiger partial charge in [0.25, 0.3) is 0 Å². The van der Waals surface area contributed by atoms with Crippen molar-refractivity contribution in [3.05, 3.63) is 65.4 Å². The molecule has 6 nitrogen and oxygen atoms in total. The van der Waals surface area contributed by atoms with Crippen LogP contribution in [0.15, 0.2) is 60.5 Å². The van der Waals surface area contributed by atoms with Crippen molar-refractivity contribution in [3.8, 4) is 17.2 Å². The number of hydrogen-bond acceptors (Lipinski definition) is 6. The molecule has 1 heterocycles. The molecule has 1 N–H and O–H groups in total. The molecule has 2 aromatic carbocycles. The fourth-order valence-electron chi connectivity index (χ4n) is 3.09. The number of phenolic OH excluding ortho intramolecular Hbond substituents is 1. The predicted molar refractivity (Wildman–Crippen MR) is 119 cm³/mol. The Morgan fingerprint density at radius 1 is 1.20 bits per heavy atom. The van der Waals surface area contributed by atoms with E-state index in [2.05, 4.69) is 6.58 Å². The molecule has 0 aliphatic heterocycles. The van der Waals surface area contributed by atoms with Crippen LogP contribution in [0.4, 0.5) is 4.79 Å². The van der Waals surface area contributed by atoms with Crippen molar-refractivity contribution in [1.82, 2.24) is 4.90 Å². The molecule has 0 aliphatic carbocycles. The van der Waals surface area contributed by atoms with Crippen LogP contribution in [0, 0.1) is 0 Å². The Kier molecular flexibility index (Phi) is 7.19.